The molecule has 4 rings (SSSR count). The van der Waals surface area contributed by atoms with Crippen LogP contribution in [0.3, 0.4) is 0 Å². The molecule has 134 valence electrons. The summed E-state index contributed by atoms with van der Waals surface area (Å²) in [6, 6.07) is 12.3. The van der Waals surface area contributed by atoms with Gasteiger partial charge in [0.25, 0.3) is 0 Å². The molecule has 1 aliphatic rings. The largest absolute Gasteiger partial charge is 0.358 e. The second kappa shape index (κ2) is 6.83. The fourth-order valence-corrected chi connectivity index (χ4v) is 3.70. The smallest absolute Gasteiger partial charge is 0.227 e. The monoisotopic (exact) mass is 348 g/mol. The summed E-state index contributed by atoms with van der Waals surface area (Å²) < 4.78 is 0. The highest BCUT2D eigenvalue weighted by Gasteiger charge is 2.23. The minimum atomic E-state index is 0.203. The SMILES string of the molecule is Cc1ccnc(N2CCN(C(=O)Cc3c(C)[nH]c4ccccc34)CC2)c1. The van der Waals surface area contributed by atoms with Gasteiger partial charge in [-0.1, -0.05) is 18.2 Å². The molecule has 26 heavy (non-hydrogen) atoms. The zero-order chi connectivity index (χ0) is 18.1. The van der Waals surface area contributed by atoms with E-state index in [4.69, 9.17) is 0 Å². The van der Waals surface area contributed by atoms with E-state index in [1.165, 1.54) is 5.56 Å². The number of amides is 1. The van der Waals surface area contributed by atoms with Gasteiger partial charge in [0.2, 0.25) is 5.91 Å². The number of nitrogens with one attached hydrogen (secondary N) is 1. The summed E-state index contributed by atoms with van der Waals surface area (Å²) in [4.78, 5) is 24.9. The number of aryl methyl sites for hydroxylation is 2. The van der Waals surface area contributed by atoms with Crippen LogP contribution in [0.4, 0.5) is 5.82 Å². The second-order valence-electron chi connectivity index (χ2n) is 7.01. The molecule has 0 spiro atoms. The van der Waals surface area contributed by atoms with Crippen LogP contribution < -0.4 is 4.90 Å². The topological polar surface area (TPSA) is 52.2 Å². The zero-order valence-electron chi connectivity index (χ0n) is 15.3. The number of pyridine rings is 1. The number of anilines is 1. The van der Waals surface area contributed by atoms with Crippen LogP contribution in [0.15, 0.2) is 42.6 Å². The van der Waals surface area contributed by atoms with Crippen molar-refractivity contribution in [2.75, 3.05) is 31.1 Å². The van der Waals surface area contributed by atoms with Crippen molar-refractivity contribution in [3.63, 3.8) is 0 Å². The molecule has 0 unspecified atom stereocenters. The Kier molecular flexibility index (Phi) is 4.37. The number of carbonyl (C=O) groups is 1. The first kappa shape index (κ1) is 16.6. The van der Waals surface area contributed by atoms with E-state index in [1.54, 1.807) is 0 Å². The lowest BCUT2D eigenvalue weighted by molar-refractivity contribution is -0.130. The van der Waals surface area contributed by atoms with E-state index in [2.05, 4.69) is 40.0 Å². The van der Waals surface area contributed by atoms with Crippen molar-refractivity contribution in [2.45, 2.75) is 20.3 Å². The van der Waals surface area contributed by atoms with Gasteiger partial charge in [0.05, 0.1) is 6.42 Å². The number of rotatable bonds is 3. The fourth-order valence-electron chi connectivity index (χ4n) is 3.70. The molecule has 0 radical (unpaired) electrons. The summed E-state index contributed by atoms with van der Waals surface area (Å²) in [6.07, 6.45) is 2.31. The summed E-state index contributed by atoms with van der Waals surface area (Å²) in [5.41, 5.74) is 4.52. The fraction of sp³-hybridized carbons (Fsp3) is 0.333. The van der Waals surface area contributed by atoms with Crippen molar-refractivity contribution in [2.24, 2.45) is 0 Å². The summed E-state index contributed by atoms with van der Waals surface area (Å²) >= 11 is 0. The molecule has 1 aliphatic heterocycles. The van der Waals surface area contributed by atoms with Gasteiger partial charge in [-0.25, -0.2) is 4.98 Å². The number of hydrogen-bond donors (Lipinski definition) is 1. The Balaban J connectivity index is 1.43. The van der Waals surface area contributed by atoms with E-state index in [0.717, 1.165) is 54.2 Å². The van der Waals surface area contributed by atoms with Gasteiger partial charge in [0, 0.05) is 49.0 Å². The van der Waals surface area contributed by atoms with Crippen molar-refractivity contribution in [3.05, 3.63) is 59.4 Å². The quantitative estimate of drug-likeness (QED) is 0.791. The third-order valence-electron chi connectivity index (χ3n) is 5.21. The molecule has 0 atom stereocenters. The number of fused-ring (bicyclic) bond motifs is 1. The first-order valence-corrected chi connectivity index (χ1v) is 9.13. The van der Waals surface area contributed by atoms with Crippen LogP contribution >= 0.6 is 0 Å². The molecule has 1 aromatic carbocycles. The van der Waals surface area contributed by atoms with Crippen LogP contribution in [0.1, 0.15) is 16.8 Å². The van der Waals surface area contributed by atoms with Gasteiger partial charge in [-0.2, -0.15) is 0 Å². The van der Waals surface area contributed by atoms with E-state index < -0.39 is 0 Å². The molecule has 5 heteroatoms. The van der Waals surface area contributed by atoms with E-state index >= 15 is 0 Å². The Morgan fingerprint density at radius 2 is 1.88 bits per heavy atom. The van der Waals surface area contributed by atoms with Crippen LogP contribution in [-0.4, -0.2) is 47.0 Å². The Bertz CT molecular complexity index is 938. The lowest BCUT2D eigenvalue weighted by atomic mass is 10.1. The van der Waals surface area contributed by atoms with Crippen LogP contribution in [0.2, 0.25) is 0 Å². The van der Waals surface area contributed by atoms with Gasteiger partial charge in [0.15, 0.2) is 0 Å². The average Bonchev–Trinajstić information content (AvgIpc) is 2.97. The molecule has 3 aromatic rings. The predicted octanol–water partition coefficient (Wildman–Crippen LogP) is 3.07. The molecular formula is C21H24N4O. The third kappa shape index (κ3) is 3.17. The van der Waals surface area contributed by atoms with Gasteiger partial charge in [0.1, 0.15) is 5.82 Å². The Morgan fingerprint density at radius 3 is 2.65 bits per heavy atom. The Morgan fingerprint density at radius 1 is 1.12 bits per heavy atom. The van der Waals surface area contributed by atoms with E-state index in [9.17, 15) is 4.79 Å². The maximum absolute atomic E-state index is 12.8. The summed E-state index contributed by atoms with van der Waals surface area (Å²) in [6.45, 7) is 7.27. The lowest BCUT2D eigenvalue weighted by Crippen LogP contribution is -2.49. The molecule has 1 N–H and O–H groups in total. The van der Waals surface area contributed by atoms with Crippen LogP contribution in [0, 0.1) is 13.8 Å². The number of carbonyl (C=O) groups excluding carboxylic acids is 1. The van der Waals surface area contributed by atoms with Crippen molar-refractivity contribution in [1.29, 1.82) is 0 Å². The highest BCUT2D eigenvalue weighted by molar-refractivity contribution is 5.90. The van der Waals surface area contributed by atoms with Gasteiger partial charge in [-0.3, -0.25) is 4.79 Å². The lowest BCUT2D eigenvalue weighted by Gasteiger charge is -2.35. The molecule has 0 bridgehead atoms. The van der Waals surface area contributed by atoms with Gasteiger partial charge in [-0.15, -0.1) is 0 Å². The Labute approximate surface area is 153 Å². The third-order valence-corrected chi connectivity index (χ3v) is 5.21. The van der Waals surface area contributed by atoms with Gasteiger partial charge >= 0.3 is 0 Å². The maximum Gasteiger partial charge on any atom is 0.227 e. The first-order chi connectivity index (χ1) is 12.6. The van der Waals surface area contributed by atoms with E-state index in [0.29, 0.717) is 6.42 Å². The predicted molar refractivity (Wildman–Crippen MR) is 105 cm³/mol. The minimum absolute atomic E-state index is 0.203. The minimum Gasteiger partial charge on any atom is -0.358 e. The number of H-pyrrole nitrogens is 1. The number of piperazine rings is 1. The van der Waals surface area contributed by atoms with Crippen molar-refractivity contribution in [3.8, 4) is 0 Å². The molecule has 2 aromatic heterocycles. The summed E-state index contributed by atoms with van der Waals surface area (Å²) in [5.74, 6) is 1.21. The van der Waals surface area contributed by atoms with Crippen LogP contribution in [0.25, 0.3) is 10.9 Å². The van der Waals surface area contributed by atoms with Crippen molar-refractivity contribution >= 4 is 22.6 Å². The van der Waals surface area contributed by atoms with Crippen LogP contribution in [0.5, 0.6) is 0 Å². The average molecular weight is 348 g/mol. The summed E-state index contributed by atoms with van der Waals surface area (Å²) in [5, 5.41) is 1.15. The van der Waals surface area contributed by atoms with Gasteiger partial charge in [-0.05, 0) is 43.2 Å². The molecule has 1 fully saturated rings. The zero-order valence-corrected chi connectivity index (χ0v) is 15.3. The highest BCUT2D eigenvalue weighted by atomic mass is 16.2. The van der Waals surface area contributed by atoms with Crippen molar-refractivity contribution in [1.82, 2.24) is 14.9 Å². The number of aromatic amines is 1. The molecular weight excluding hydrogens is 324 g/mol. The summed E-state index contributed by atoms with van der Waals surface area (Å²) in [7, 11) is 0. The van der Waals surface area contributed by atoms with Gasteiger partial charge < -0.3 is 14.8 Å². The molecule has 3 heterocycles. The van der Waals surface area contributed by atoms with Crippen LogP contribution in [-0.2, 0) is 11.2 Å². The number of aromatic nitrogens is 2. The van der Waals surface area contributed by atoms with Crippen molar-refractivity contribution < 1.29 is 4.79 Å². The normalized spacial score (nSPS) is 14.8. The number of para-hydroxylation sites is 1. The molecule has 5 nitrogen and oxygen atoms in total. The standard InChI is InChI=1S/C21H24N4O/c1-15-7-8-22-20(13-15)24-9-11-25(12-10-24)21(26)14-18-16(2)23-19-6-4-3-5-17(18)19/h3-8,13,23H,9-12,14H2,1-2H3. The molecule has 0 saturated carbocycles. The number of benzene rings is 1. The second-order valence-corrected chi connectivity index (χ2v) is 7.01. The molecule has 1 saturated heterocycles. The Hall–Kier alpha value is -2.82. The number of hydrogen-bond acceptors (Lipinski definition) is 3. The first-order valence-electron chi connectivity index (χ1n) is 9.13. The van der Waals surface area contributed by atoms with E-state index in [1.807, 2.05) is 36.2 Å². The number of nitrogens with zero attached hydrogens (tertiary/aromatic N) is 3. The molecule has 0 aliphatic carbocycles. The highest BCUT2D eigenvalue weighted by Crippen LogP contribution is 2.23. The molecule has 1 amide bonds. The maximum atomic E-state index is 12.8. The van der Waals surface area contributed by atoms with E-state index in [-0.39, 0.29) is 5.91 Å².